The predicted octanol–water partition coefficient (Wildman–Crippen LogP) is 4.59. The standard InChI is InChI=1S/C22H20F4O5S/c23-21(24,22(25,26)32(27,28)29)18-11-14-12-19(18)13-17(14)30-20(31-19,15-7-3-1-4-8-15)16-9-5-2-6-10-16/h1-10,14,17-18H,11-13H2,(H,27,28,29). The van der Waals surface area contributed by atoms with E-state index < -0.39 is 57.0 Å². The monoisotopic (exact) mass is 472 g/mol. The van der Waals surface area contributed by atoms with Gasteiger partial charge in [0.1, 0.15) is 0 Å². The number of halogens is 4. The lowest BCUT2D eigenvalue weighted by Crippen LogP contribution is -2.62. The Kier molecular flexibility index (Phi) is 4.60. The second-order valence-corrected chi connectivity index (χ2v) is 10.2. The summed E-state index contributed by atoms with van der Waals surface area (Å²) in [5, 5.41) is -5.65. The lowest BCUT2D eigenvalue weighted by Gasteiger charge is -2.52. The van der Waals surface area contributed by atoms with E-state index >= 15 is 8.78 Å². The summed E-state index contributed by atoms with van der Waals surface area (Å²) in [5.74, 6) is -9.31. The molecule has 1 saturated heterocycles. The first-order valence-electron chi connectivity index (χ1n) is 10.1. The Morgan fingerprint density at radius 2 is 1.44 bits per heavy atom. The molecule has 4 unspecified atom stereocenters. The number of hydrogen-bond donors (Lipinski definition) is 1. The Hall–Kier alpha value is -2.01. The van der Waals surface area contributed by atoms with Crippen LogP contribution in [-0.2, 0) is 25.4 Å². The van der Waals surface area contributed by atoms with E-state index in [1.165, 1.54) is 0 Å². The van der Waals surface area contributed by atoms with Gasteiger partial charge < -0.3 is 9.47 Å². The molecule has 0 radical (unpaired) electrons. The van der Waals surface area contributed by atoms with Gasteiger partial charge in [-0.3, -0.25) is 4.55 Å². The Morgan fingerprint density at radius 3 is 1.94 bits per heavy atom. The van der Waals surface area contributed by atoms with Gasteiger partial charge in [0, 0.05) is 17.5 Å². The summed E-state index contributed by atoms with van der Waals surface area (Å²) in [7, 11) is -6.35. The average molecular weight is 472 g/mol. The van der Waals surface area contributed by atoms with E-state index in [1.807, 2.05) is 0 Å². The van der Waals surface area contributed by atoms with Crippen LogP contribution in [0.25, 0.3) is 0 Å². The predicted molar refractivity (Wildman–Crippen MR) is 105 cm³/mol. The van der Waals surface area contributed by atoms with Gasteiger partial charge in [-0.2, -0.15) is 26.0 Å². The molecule has 2 aliphatic carbocycles. The number of hydrogen-bond acceptors (Lipinski definition) is 4. The molecule has 2 saturated carbocycles. The summed E-state index contributed by atoms with van der Waals surface area (Å²) in [6.45, 7) is 0. The third-order valence-corrected chi connectivity index (χ3v) is 7.90. The molecule has 5 nitrogen and oxygen atoms in total. The Bertz CT molecular complexity index is 1080. The molecule has 10 heteroatoms. The van der Waals surface area contributed by atoms with Crippen LogP contribution < -0.4 is 0 Å². The molecule has 1 N–H and O–H groups in total. The number of rotatable bonds is 5. The summed E-state index contributed by atoms with van der Waals surface area (Å²) >= 11 is 0. The van der Waals surface area contributed by atoms with Gasteiger partial charge in [-0.25, -0.2) is 0 Å². The summed E-state index contributed by atoms with van der Waals surface area (Å²) in [5.41, 5.74) is -0.741. The highest BCUT2D eigenvalue weighted by Crippen LogP contribution is 2.67. The van der Waals surface area contributed by atoms with E-state index in [0.717, 1.165) is 0 Å². The average Bonchev–Trinajstić information content (AvgIpc) is 3.24. The highest BCUT2D eigenvalue weighted by atomic mass is 32.2. The molecule has 1 spiro atoms. The minimum absolute atomic E-state index is 0.0287. The molecule has 1 heterocycles. The van der Waals surface area contributed by atoms with Gasteiger partial charge in [0.2, 0.25) is 5.79 Å². The number of alkyl halides is 4. The van der Waals surface area contributed by atoms with Crippen LogP contribution in [0.2, 0.25) is 0 Å². The van der Waals surface area contributed by atoms with Crippen molar-refractivity contribution in [2.75, 3.05) is 0 Å². The second kappa shape index (κ2) is 6.75. The molecule has 3 aliphatic rings. The van der Waals surface area contributed by atoms with E-state index in [0.29, 0.717) is 11.1 Å². The van der Waals surface area contributed by atoms with Gasteiger partial charge in [0.05, 0.1) is 17.6 Å². The largest absolute Gasteiger partial charge is 0.431 e. The molecule has 3 fully saturated rings. The van der Waals surface area contributed by atoms with Crippen LogP contribution in [0.1, 0.15) is 30.4 Å². The number of fused-ring (bicyclic) bond motifs is 3. The lowest BCUT2D eigenvalue weighted by molar-refractivity contribution is -0.361. The van der Waals surface area contributed by atoms with Crippen molar-refractivity contribution >= 4 is 10.1 Å². The molecule has 4 atom stereocenters. The fraction of sp³-hybridized carbons (Fsp3) is 0.455. The van der Waals surface area contributed by atoms with Crippen molar-refractivity contribution < 1.29 is 40.0 Å². The number of benzene rings is 2. The number of ether oxygens (including phenoxy) is 2. The lowest BCUT2D eigenvalue weighted by atomic mass is 9.77. The van der Waals surface area contributed by atoms with E-state index in [4.69, 9.17) is 14.0 Å². The summed E-state index contributed by atoms with van der Waals surface area (Å²) in [6, 6.07) is 17.2. The quantitative estimate of drug-likeness (QED) is 0.509. The minimum Gasteiger partial charge on any atom is -0.338 e. The fourth-order valence-corrected chi connectivity index (χ4v) is 6.09. The van der Waals surface area contributed by atoms with Gasteiger partial charge in [-0.15, -0.1) is 0 Å². The van der Waals surface area contributed by atoms with Crippen LogP contribution in [0, 0.1) is 11.8 Å². The van der Waals surface area contributed by atoms with Crippen molar-refractivity contribution in [2.24, 2.45) is 11.8 Å². The highest BCUT2D eigenvalue weighted by Gasteiger charge is 2.78. The topological polar surface area (TPSA) is 72.8 Å². The second-order valence-electron chi connectivity index (χ2n) is 8.74. The van der Waals surface area contributed by atoms with Gasteiger partial charge in [-0.1, -0.05) is 60.7 Å². The van der Waals surface area contributed by atoms with Gasteiger partial charge in [0.25, 0.3) is 0 Å². The maximum absolute atomic E-state index is 15.1. The molecular formula is C22H20F4O5S. The molecular weight excluding hydrogens is 452 g/mol. The smallest absolute Gasteiger partial charge is 0.338 e. The zero-order chi connectivity index (χ0) is 23.0. The van der Waals surface area contributed by atoms with Crippen LogP contribution in [-0.4, -0.2) is 35.9 Å². The van der Waals surface area contributed by atoms with Gasteiger partial charge in [0.15, 0.2) is 0 Å². The Labute approximate surface area is 182 Å². The zero-order valence-electron chi connectivity index (χ0n) is 16.6. The van der Waals surface area contributed by atoms with Crippen molar-refractivity contribution in [3.8, 4) is 0 Å². The van der Waals surface area contributed by atoms with E-state index in [9.17, 15) is 17.2 Å². The zero-order valence-corrected chi connectivity index (χ0v) is 17.4. The van der Waals surface area contributed by atoms with E-state index in [2.05, 4.69) is 0 Å². The van der Waals surface area contributed by atoms with Crippen LogP contribution in [0.4, 0.5) is 17.6 Å². The molecule has 172 valence electrons. The maximum Gasteiger partial charge on any atom is 0.431 e. The van der Waals surface area contributed by atoms with Crippen molar-refractivity contribution in [1.82, 2.24) is 0 Å². The first-order chi connectivity index (χ1) is 14.9. The molecule has 0 amide bonds. The maximum atomic E-state index is 15.1. The minimum atomic E-state index is -6.35. The molecule has 2 aromatic carbocycles. The van der Waals surface area contributed by atoms with E-state index in [1.54, 1.807) is 60.7 Å². The van der Waals surface area contributed by atoms with Crippen LogP contribution >= 0.6 is 0 Å². The Morgan fingerprint density at radius 1 is 0.906 bits per heavy atom. The molecule has 2 aromatic rings. The molecule has 0 aromatic heterocycles. The molecule has 32 heavy (non-hydrogen) atoms. The van der Waals surface area contributed by atoms with Crippen LogP contribution in [0.15, 0.2) is 60.7 Å². The Balaban J connectivity index is 1.64. The van der Waals surface area contributed by atoms with Gasteiger partial charge in [-0.05, 0) is 18.8 Å². The van der Waals surface area contributed by atoms with Crippen LogP contribution in [0.5, 0.6) is 0 Å². The first kappa shape index (κ1) is 21.8. The van der Waals surface area contributed by atoms with Crippen molar-refractivity contribution in [1.29, 1.82) is 0 Å². The first-order valence-corrected chi connectivity index (χ1v) is 11.6. The molecule has 3 bridgehead atoms. The summed E-state index contributed by atoms with van der Waals surface area (Å²) < 4.78 is 103. The van der Waals surface area contributed by atoms with Crippen LogP contribution in [0.3, 0.4) is 0 Å². The van der Waals surface area contributed by atoms with Gasteiger partial charge >= 0.3 is 21.3 Å². The van der Waals surface area contributed by atoms with E-state index in [-0.39, 0.29) is 12.8 Å². The SMILES string of the molecule is O=S(=O)(O)C(F)(F)C(F)(F)C1CC2CC13CC2OC(c1ccccc1)(c1ccccc1)O3. The van der Waals surface area contributed by atoms with Crippen molar-refractivity contribution in [3.63, 3.8) is 0 Å². The van der Waals surface area contributed by atoms with Crippen molar-refractivity contribution in [2.45, 2.75) is 47.9 Å². The fourth-order valence-electron chi connectivity index (χ4n) is 5.61. The summed E-state index contributed by atoms with van der Waals surface area (Å²) in [6.07, 6.45) is -0.972. The summed E-state index contributed by atoms with van der Waals surface area (Å²) in [4.78, 5) is 0. The highest BCUT2D eigenvalue weighted by molar-refractivity contribution is 7.87. The normalized spacial score (nSPS) is 31.6. The third kappa shape index (κ3) is 2.82. The molecule has 5 rings (SSSR count). The van der Waals surface area contributed by atoms with Crippen molar-refractivity contribution in [3.05, 3.63) is 71.8 Å². The third-order valence-electron chi connectivity index (χ3n) is 6.98. The molecule has 1 aliphatic heterocycles.